The van der Waals surface area contributed by atoms with Gasteiger partial charge in [0.1, 0.15) is 18.3 Å². The summed E-state index contributed by atoms with van der Waals surface area (Å²) in [5.74, 6) is -1.22. The van der Waals surface area contributed by atoms with Crippen LogP contribution in [0.25, 0.3) is 0 Å². The van der Waals surface area contributed by atoms with Crippen molar-refractivity contribution in [3.05, 3.63) is 0 Å². The topological polar surface area (TPSA) is 125 Å². The normalized spacial score (nSPS) is 23.6. The Morgan fingerprint density at radius 2 is 1.21 bits per heavy atom. The molecule has 0 N–H and O–H groups in total. The molecule has 1 aliphatic heterocycles. The summed E-state index contributed by atoms with van der Waals surface area (Å²) in [4.78, 5) is 33.8. The number of carbonyl (C=O) groups is 3. The number of hydrogen-bond donors (Lipinski definition) is 0. The Hall–Kier alpha value is -1.79. The molecule has 1 saturated heterocycles. The van der Waals surface area contributed by atoms with Gasteiger partial charge in [-0.2, -0.15) is 0 Å². The summed E-state index contributed by atoms with van der Waals surface area (Å²) in [6, 6.07) is 0. The van der Waals surface area contributed by atoms with Crippen LogP contribution in [0.4, 0.5) is 0 Å². The Kier molecular flexibility index (Phi) is 12.4. The second kappa shape index (κ2) is 14.2. The van der Waals surface area contributed by atoms with E-state index in [-0.39, 0.29) is 51.7 Å². The van der Waals surface area contributed by atoms with Gasteiger partial charge in [0.05, 0.1) is 67.0 Å². The molecule has 1 fully saturated rings. The van der Waals surface area contributed by atoms with Gasteiger partial charge in [-0.05, 0) is 0 Å². The fourth-order valence-corrected chi connectivity index (χ4v) is 2.61. The lowest BCUT2D eigenvalue weighted by Gasteiger charge is -2.24. The Balaban J connectivity index is 2.67. The van der Waals surface area contributed by atoms with Gasteiger partial charge in [-0.1, -0.05) is 0 Å². The van der Waals surface area contributed by atoms with Crippen molar-refractivity contribution in [3.8, 4) is 0 Å². The van der Waals surface area contributed by atoms with Crippen molar-refractivity contribution in [3.63, 3.8) is 0 Å². The predicted octanol–water partition coefficient (Wildman–Crippen LogP) is -0.166. The van der Waals surface area contributed by atoms with E-state index in [9.17, 15) is 14.4 Å². The van der Waals surface area contributed by atoms with Crippen molar-refractivity contribution in [2.24, 2.45) is 0 Å². The third kappa shape index (κ3) is 9.05. The molecule has 1 rings (SSSR count). The molecule has 0 spiro atoms. The molecule has 0 aromatic heterocycles. The molecule has 0 aromatic rings. The van der Waals surface area contributed by atoms with Gasteiger partial charge in [0.15, 0.2) is 6.29 Å². The summed E-state index contributed by atoms with van der Waals surface area (Å²) in [6.07, 6.45) is -2.40. The molecule has 168 valence electrons. The van der Waals surface area contributed by atoms with Crippen molar-refractivity contribution in [1.29, 1.82) is 0 Å². The van der Waals surface area contributed by atoms with Gasteiger partial charge in [0.25, 0.3) is 0 Å². The third-order valence-corrected chi connectivity index (χ3v) is 4.15. The van der Waals surface area contributed by atoms with Crippen LogP contribution in [0, 0.1) is 0 Å². The first kappa shape index (κ1) is 25.2. The summed E-state index contributed by atoms with van der Waals surface area (Å²) >= 11 is 0. The fourth-order valence-electron chi connectivity index (χ4n) is 2.61. The fraction of sp³-hybridized carbons (Fsp3) is 0.833. The second-order valence-electron chi connectivity index (χ2n) is 6.00. The number of ether oxygens (including phenoxy) is 8. The maximum absolute atomic E-state index is 11.3. The summed E-state index contributed by atoms with van der Waals surface area (Å²) in [6.45, 7) is 0.406. The number of rotatable bonds is 14. The van der Waals surface area contributed by atoms with Crippen LogP contribution < -0.4 is 0 Å². The molecule has 11 nitrogen and oxygen atoms in total. The maximum atomic E-state index is 11.3. The lowest BCUT2D eigenvalue weighted by atomic mass is 10.1. The minimum atomic E-state index is -0.759. The van der Waals surface area contributed by atoms with Gasteiger partial charge in [0.2, 0.25) is 0 Å². The highest BCUT2D eigenvalue weighted by Crippen LogP contribution is 2.28. The first-order valence-corrected chi connectivity index (χ1v) is 9.16. The zero-order chi connectivity index (χ0) is 21.6. The van der Waals surface area contributed by atoms with E-state index < -0.39 is 36.5 Å². The highest BCUT2D eigenvalue weighted by atomic mass is 16.7. The van der Waals surface area contributed by atoms with Crippen molar-refractivity contribution < 1.29 is 52.3 Å². The van der Waals surface area contributed by atoms with Gasteiger partial charge >= 0.3 is 17.9 Å². The summed E-state index contributed by atoms with van der Waals surface area (Å²) in [7, 11) is 5.33. The van der Waals surface area contributed by atoms with Crippen LogP contribution in [0.15, 0.2) is 0 Å². The monoisotopic (exact) mass is 422 g/mol. The van der Waals surface area contributed by atoms with Gasteiger partial charge in [-0.3, -0.25) is 14.4 Å². The molecule has 0 aromatic carbocycles. The molecule has 4 atom stereocenters. The molecular formula is C18H30O11. The van der Waals surface area contributed by atoms with E-state index in [1.807, 2.05) is 0 Å². The van der Waals surface area contributed by atoms with Crippen LogP contribution in [0.3, 0.4) is 0 Å². The largest absolute Gasteiger partial charge is 0.469 e. The minimum Gasteiger partial charge on any atom is -0.469 e. The Labute approximate surface area is 169 Å². The average Bonchev–Trinajstić information content (AvgIpc) is 3.07. The van der Waals surface area contributed by atoms with Crippen molar-refractivity contribution in [2.75, 3.05) is 54.9 Å². The van der Waals surface area contributed by atoms with E-state index in [0.717, 1.165) is 0 Å². The lowest BCUT2D eigenvalue weighted by molar-refractivity contribution is -0.170. The summed E-state index contributed by atoms with van der Waals surface area (Å²) in [5.41, 5.74) is 0. The standard InChI is InChI=1S/C18H30O11/c1-22-13(19)5-8-26-11-12-16(27-9-6-14(20)23-2)17(18(25-4)29-12)28-10-7-15(21)24-3/h12,16-18H,5-11H2,1-4H3/t12-,16-,17-,18-/m1/s1. The van der Waals surface area contributed by atoms with Gasteiger partial charge < -0.3 is 37.9 Å². The second-order valence-corrected chi connectivity index (χ2v) is 6.00. The number of methoxy groups -OCH3 is 4. The van der Waals surface area contributed by atoms with Crippen LogP contribution >= 0.6 is 0 Å². The van der Waals surface area contributed by atoms with Crippen LogP contribution in [-0.2, 0) is 52.3 Å². The average molecular weight is 422 g/mol. The van der Waals surface area contributed by atoms with Crippen molar-refractivity contribution >= 4 is 17.9 Å². The zero-order valence-corrected chi connectivity index (χ0v) is 17.2. The van der Waals surface area contributed by atoms with Gasteiger partial charge in [-0.25, -0.2) is 0 Å². The highest BCUT2D eigenvalue weighted by Gasteiger charge is 2.46. The molecule has 29 heavy (non-hydrogen) atoms. The Morgan fingerprint density at radius 1 is 0.724 bits per heavy atom. The molecule has 0 unspecified atom stereocenters. The predicted molar refractivity (Wildman–Crippen MR) is 95.9 cm³/mol. The molecule has 1 aliphatic rings. The number of esters is 3. The number of carbonyl (C=O) groups excluding carboxylic acids is 3. The van der Waals surface area contributed by atoms with Crippen LogP contribution in [0.1, 0.15) is 19.3 Å². The van der Waals surface area contributed by atoms with E-state index in [2.05, 4.69) is 14.2 Å². The quantitative estimate of drug-likeness (QED) is 0.210. The Morgan fingerprint density at radius 3 is 1.69 bits per heavy atom. The smallest absolute Gasteiger partial charge is 0.307 e. The molecular weight excluding hydrogens is 392 g/mol. The number of hydrogen-bond acceptors (Lipinski definition) is 11. The van der Waals surface area contributed by atoms with E-state index in [1.165, 1.54) is 28.4 Å². The SMILES string of the molecule is COC(=O)CCOC[C@H]1O[C@@H](OC)[C@H](OCCC(=O)OC)[C@@H]1OCCC(=O)OC. The van der Waals surface area contributed by atoms with E-state index in [1.54, 1.807) is 0 Å². The first-order valence-electron chi connectivity index (χ1n) is 9.16. The zero-order valence-electron chi connectivity index (χ0n) is 17.2. The lowest BCUT2D eigenvalue weighted by Crippen LogP contribution is -2.40. The van der Waals surface area contributed by atoms with E-state index in [0.29, 0.717) is 0 Å². The minimum absolute atomic E-state index is 0.0510. The summed E-state index contributed by atoms with van der Waals surface area (Å²) < 4.78 is 41.9. The highest BCUT2D eigenvalue weighted by molar-refractivity contribution is 5.69. The summed E-state index contributed by atoms with van der Waals surface area (Å²) in [5, 5.41) is 0. The van der Waals surface area contributed by atoms with Crippen LogP contribution in [0.5, 0.6) is 0 Å². The maximum Gasteiger partial charge on any atom is 0.307 e. The molecule has 11 heteroatoms. The molecule has 1 heterocycles. The van der Waals surface area contributed by atoms with Crippen molar-refractivity contribution in [2.45, 2.75) is 43.9 Å². The van der Waals surface area contributed by atoms with Gasteiger partial charge in [-0.15, -0.1) is 0 Å². The molecule has 0 bridgehead atoms. The van der Waals surface area contributed by atoms with E-state index in [4.69, 9.17) is 23.7 Å². The Bertz CT molecular complexity index is 510. The molecule has 0 amide bonds. The van der Waals surface area contributed by atoms with Crippen LogP contribution in [0.2, 0.25) is 0 Å². The molecule has 0 aliphatic carbocycles. The molecule has 0 radical (unpaired) electrons. The van der Waals surface area contributed by atoms with Crippen LogP contribution in [-0.4, -0.2) is 97.4 Å². The first-order chi connectivity index (χ1) is 14.0. The van der Waals surface area contributed by atoms with Gasteiger partial charge in [0, 0.05) is 7.11 Å². The third-order valence-electron chi connectivity index (χ3n) is 4.15. The van der Waals surface area contributed by atoms with Crippen molar-refractivity contribution in [1.82, 2.24) is 0 Å². The van der Waals surface area contributed by atoms with E-state index >= 15 is 0 Å². The molecule has 0 saturated carbocycles.